The Morgan fingerprint density at radius 3 is 2.40 bits per heavy atom. The normalized spacial score (nSPS) is 25.6. The molecule has 0 aromatic rings. The molecule has 1 aliphatic heterocycles. The summed E-state index contributed by atoms with van der Waals surface area (Å²) in [6.07, 6.45) is 9.37. The molecular formula is C17H32N2O. The molecule has 0 aromatic heterocycles. The highest BCUT2D eigenvalue weighted by Crippen LogP contribution is 2.26. The molecule has 0 N–H and O–H groups in total. The zero-order valence-electron chi connectivity index (χ0n) is 13.4. The molecule has 2 rings (SSSR count). The van der Waals surface area contributed by atoms with Crippen LogP contribution in [0.25, 0.3) is 0 Å². The second-order valence-electron chi connectivity index (χ2n) is 6.61. The van der Waals surface area contributed by atoms with E-state index in [-0.39, 0.29) is 5.92 Å². The van der Waals surface area contributed by atoms with Crippen LogP contribution < -0.4 is 0 Å². The Balaban J connectivity index is 1.82. The molecule has 1 unspecified atom stereocenters. The van der Waals surface area contributed by atoms with Crippen molar-refractivity contribution >= 4 is 5.91 Å². The van der Waals surface area contributed by atoms with Crippen molar-refractivity contribution in [1.82, 2.24) is 9.80 Å². The topological polar surface area (TPSA) is 23.6 Å². The number of nitrogens with zero attached hydrogens (tertiary/aromatic N) is 2. The van der Waals surface area contributed by atoms with Gasteiger partial charge in [-0.2, -0.15) is 0 Å². The lowest BCUT2D eigenvalue weighted by Gasteiger charge is -2.37. The summed E-state index contributed by atoms with van der Waals surface area (Å²) in [4.78, 5) is 17.1. The van der Waals surface area contributed by atoms with Gasteiger partial charge in [-0.1, -0.05) is 19.3 Å². The summed E-state index contributed by atoms with van der Waals surface area (Å²) in [6.45, 7) is 9.34. The van der Waals surface area contributed by atoms with Crippen molar-refractivity contribution in [1.29, 1.82) is 0 Å². The first-order valence-corrected chi connectivity index (χ1v) is 8.75. The van der Waals surface area contributed by atoms with Crippen LogP contribution in [0.2, 0.25) is 0 Å². The van der Waals surface area contributed by atoms with Gasteiger partial charge in [-0.25, -0.2) is 0 Å². The highest BCUT2D eigenvalue weighted by molar-refractivity contribution is 5.79. The first kappa shape index (κ1) is 15.8. The number of likely N-dealkylation sites (tertiary alicyclic amines) is 1. The summed E-state index contributed by atoms with van der Waals surface area (Å²) in [5.74, 6) is 1.54. The van der Waals surface area contributed by atoms with Gasteiger partial charge in [-0.3, -0.25) is 4.79 Å². The molecule has 0 radical (unpaired) electrons. The molecule has 1 saturated carbocycles. The lowest BCUT2D eigenvalue weighted by molar-refractivity contribution is -0.137. The average Bonchev–Trinajstić information content (AvgIpc) is 2.49. The van der Waals surface area contributed by atoms with Crippen LogP contribution in [-0.4, -0.2) is 48.4 Å². The van der Waals surface area contributed by atoms with Crippen molar-refractivity contribution in [3.05, 3.63) is 0 Å². The van der Waals surface area contributed by atoms with Gasteiger partial charge in [-0.15, -0.1) is 0 Å². The molecule has 0 bridgehead atoms. The minimum atomic E-state index is 0.257. The molecule has 20 heavy (non-hydrogen) atoms. The second-order valence-corrected chi connectivity index (χ2v) is 6.61. The monoisotopic (exact) mass is 280 g/mol. The van der Waals surface area contributed by atoms with E-state index in [9.17, 15) is 4.79 Å². The second kappa shape index (κ2) is 8.02. The first-order chi connectivity index (χ1) is 9.74. The Bertz CT molecular complexity index is 295. The maximum absolute atomic E-state index is 12.5. The van der Waals surface area contributed by atoms with Crippen LogP contribution in [-0.2, 0) is 4.79 Å². The predicted molar refractivity (Wildman–Crippen MR) is 83.7 cm³/mol. The van der Waals surface area contributed by atoms with Crippen molar-refractivity contribution in [2.45, 2.75) is 58.8 Å². The number of piperidine rings is 1. The number of carbonyl (C=O) groups excluding carboxylic acids is 1. The summed E-state index contributed by atoms with van der Waals surface area (Å²) in [5.41, 5.74) is 0. The summed E-state index contributed by atoms with van der Waals surface area (Å²) >= 11 is 0. The molecule has 0 spiro atoms. The van der Waals surface area contributed by atoms with E-state index in [4.69, 9.17) is 0 Å². The van der Waals surface area contributed by atoms with E-state index in [1.54, 1.807) is 0 Å². The largest absolute Gasteiger partial charge is 0.343 e. The summed E-state index contributed by atoms with van der Waals surface area (Å²) in [6, 6.07) is 0. The number of rotatable bonds is 5. The van der Waals surface area contributed by atoms with Crippen molar-refractivity contribution in [2.24, 2.45) is 11.8 Å². The van der Waals surface area contributed by atoms with Crippen LogP contribution in [0, 0.1) is 11.8 Å². The first-order valence-electron chi connectivity index (χ1n) is 8.75. The van der Waals surface area contributed by atoms with E-state index in [1.807, 2.05) is 4.90 Å². The number of amides is 1. The molecule has 116 valence electrons. The SMILES string of the molecule is CCN(CC)C(=O)C1CCCN(CC2CCCCC2)C1. The quantitative estimate of drug-likeness (QED) is 0.772. The third-order valence-electron chi connectivity index (χ3n) is 5.17. The van der Waals surface area contributed by atoms with Gasteiger partial charge < -0.3 is 9.80 Å². The lowest BCUT2D eigenvalue weighted by Crippen LogP contribution is -2.46. The van der Waals surface area contributed by atoms with Crippen molar-refractivity contribution < 1.29 is 4.79 Å². The maximum atomic E-state index is 12.5. The van der Waals surface area contributed by atoms with Gasteiger partial charge in [0.2, 0.25) is 5.91 Å². The molecule has 2 aliphatic rings. The van der Waals surface area contributed by atoms with Crippen LogP contribution in [0.4, 0.5) is 0 Å². The molecular weight excluding hydrogens is 248 g/mol. The van der Waals surface area contributed by atoms with Crippen LogP contribution >= 0.6 is 0 Å². The average molecular weight is 280 g/mol. The van der Waals surface area contributed by atoms with E-state index in [0.717, 1.165) is 32.0 Å². The summed E-state index contributed by atoms with van der Waals surface area (Å²) in [5, 5.41) is 0. The lowest BCUT2D eigenvalue weighted by atomic mass is 9.87. The Hall–Kier alpha value is -0.570. The van der Waals surface area contributed by atoms with Crippen molar-refractivity contribution in [3.63, 3.8) is 0 Å². The van der Waals surface area contributed by atoms with Gasteiger partial charge in [0.05, 0.1) is 5.92 Å². The van der Waals surface area contributed by atoms with Crippen LogP contribution in [0.1, 0.15) is 58.8 Å². The Labute approximate surface area is 124 Å². The zero-order valence-corrected chi connectivity index (χ0v) is 13.4. The van der Waals surface area contributed by atoms with E-state index in [2.05, 4.69) is 18.7 Å². The number of hydrogen-bond donors (Lipinski definition) is 0. The molecule has 3 nitrogen and oxygen atoms in total. The molecule has 0 aromatic carbocycles. The standard InChI is InChI=1S/C17H32N2O/c1-3-19(4-2)17(20)16-11-8-12-18(14-16)13-15-9-6-5-7-10-15/h15-16H,3-14H2,1-2H3. The zero-order chi connectivity index (χ0) is 14.4. The van der Waals surface area contributed by atoms with Crippen LogP contribution in [0.3, 0.4) is 0 Å². The highest BCUT2D eigenvalue weighted by Gasteiger charge is 2.29. The summed E-state index contributed by atoms with van der Waals surface area (Å²) < 4.78 is 0. The van der Waals surface area contributed by atoms with E-state index in [1.165, 1.54) is 51.6 Å². The Morgan fingerprint density at radius 2 is 1.75 bits per heavy atom. The fourth-order valence-corrected chi connectivity index (χ4v) is 3.95. The fourth-order valence-electron chi connectivity index (χ4n) is 3.95. The highest BCUT2D eigenvalue weighted by atomic mass is 16.2. The van der Waals surface area contributed by atoms with Gasteiger partial charge in [0.1, 0.15) is 0 Å². The summed E-state index contributed by atoms with van der Waals surface area (Å²) in [7, 11) is 0. The smallest absolute Gasteiger partial charge is 0.226 e. The predicted octanol–water partition coefficient (Wildman–Crippen LogP) is 3.15. The molecule has 1 heterocycles. The van der Waals surface area contributed by atoms with Crippen molar-refractivity contribution in [3.8, 4) is 0 Å². The van der Waals surface area contributed by atoms with Gasteiger partial charge in [0.25, 0.3) is 0 Å². The van der Waals surface area contributed by atoms with Crippen LogP contribution in [0.15, 0.2) is 0 Å². The number of hydrogen-bond acceptors (Lipinski definition) is 2. The Morgan fingerprint density at radius 1 is 1.05 bits per heavy atom. The minimum absolute atomic E-state index is 0.257. The maximum Gasteiger partial charge on any atom is 0.226 e. The molecule has 1 aliphatic carbocycles. The van der Waals surface area contributed by atoms with Gasteiger partial charge >= 0.3 is 0 Å². The van der Waals surface area contributed by atoms with Crippen molar-refractivity contribution in [2.75, 3.05) is 32.7 Å². The molecule has 1 atom stereocenters. The van der Waals surface area contributed by atoms with E-state index < -0.39 is 0 Å². The molecule has 1 saturated heterocycles. The minimum Gasteiger partial charge on any atom is -0.343 e. The van der Waals surface area contributed by atoms with Crippen LogP contribution in [0.5, 0.6) is 0 Å². The molecule has 2 fully saturated rings. The van der Waals surface area contributed by atoms with E-state index >= 15 is 0 Å². The van der Waals surface area contributed by atoms with Gasteiger partial charge in [0.15, 0.2) is 0 Å². The third-order valence-corrected chi connectivity index (χ3v) is 5.17. The fraction of sp³-hybridized carbons (Fsp3) is 0.941. The third kappa shape index (κ3) is 4.21. The molecule has 1 amide bonds. The molecule has 3 heteroatoms. The van der Waals surface area contributed by atoms with Gasteiger partial charge in [-0.05, 0) is 52.0 Å². The van der Waals surface area contributed by atoms with Gasteiger partial charge in [0, 0.05) is 26.2 Å². The Kier molecular flexibility index (Phi) is 6.34. The number of carbonyl (C=O) groups is 1. The van der Waals surface area contributed by atoms with E-state index in [0.29, 0.717) is 5.91 Å².